The van der Waals surface area contributed by atoms with Gasteiger partial charge >= 0.3 is 5.97 Å². The van der Waals surface area contributed by atoms with Crippen LogP contribution in [0.15, 0.2) is 28.3 Å². The lowest BCUT2D eigenvalue weighted by molar-refractivity contribution is -0.143. The van der Waals surface area contributed by atoms with Crippen molar-refractivity contribution >= 4 is 68.7 Å². The number of nitrogens with zero attached hydrogens (tertiary/aromatic N) is 2. The first-order valence-corrected chi connectivity index (χ1v) is 13.4. The van der Waals surface area contributed by atoms with E-state index in [0.29, 0.717) is 10.0 Å². The van der Waals surface area contributed by atoms with E-state index in [1.165, 1.54) is 20.2 Å². The van der Waals surface area contributed by atoms with Gasteiger partial charge in [0, 0.05) is 29.5 Å². The SMILES string of the molecule is COc1cc(Br)cc([C@H]2C3=CC[C@@H]4C(=O)N(CCC(=O)O)C(=O)[C@@H]4[C@@H]3C[C@@]3(Cl)C(=O)N(C)C(=O)[C@@]23Cl)c1O. The summed E-state index contributed by atoms with van der Waals surface area (Å²) in [6, 6.07) is 3.07. The maximum Gasteiger partial charge on any atom is 0.305 e. The number of halogens is 3. The van der Waals surface area contributed by atoms with E-state index in [9.17, 15) is 29.1 Å². The highest BCUT2D eigenvalue weighted by Crippen LogP contribution is 2.66. The summed E-state index contributed by atoms with van der Waals surface area (Å²) in [6.07, 6.45) is 1.26. The Labute approximate surface area is 235 Å². The molecule has 1 saturated carbocycles. The van der Waals surface area contributed by atoms with Crippen molar-refractivity contribution in [2.75, 3.05) is 20.7 Å². The minimum atomic E-state index is -2.05. The van der Waals surface area contributed by atoms with Crippen LogP contribution in [0, 0.1) is 17.8 Å². The molecule has 4 aliphatic rings. The number of phenols is 1. The number of carbonyl (C=O) groups excluding carboxylic acids is 4. The molecule has 13 heteroatoms. The topological polar surface area (TPSA) is 142 Å². The van der Waals surface area contributed by atoms with Crippen LogP contribution in [-0.2, 0) is 24.0 Å². The highest BCUT2D eigenvalue weighted by molar-refractivity contribution is 9.10. The molecule has 0 bridgehead atoms. The van der Waals surface area contributed by atoms with E-state index in [4.69, 9.17) is 33.0 Å². The predicted molar refractivity (Wildman–Crippen MR) is 137 cm³/mol. The third-order valence-electron chi connectivity index (χ3n) is 8.25. The summed E-state index contributed by atoms with van der Waals surface area (Å²) in [5.74, 6) is -7.54. The molecule has 0 radical (unpaired) electrons. The standard InChI is InChI=1S/C25H23BrCl2N2O8/c1-29-22(36)24(27)9-14-11(3-4-12-17(14)21(35)30(20(12)34)6-5-16(31)32)18(25(24,28)23(29)37)13-7-10(26)8-15(38-2)19(13)33/h3,7-8,12,14,17-18,33H,4-6,9H2,1-2H3,(H,31,32)/t12-,14+,17-,18+,24+,25-/m0/s1. The predicted octanol–water partition coefficient (Wildman–Crippen LogP) is 2.63. The van der Waals surface area contributed by atoms with Gasteiger partial charge in [-0.3, -0.25) is 33.8 Å². The molecule has 2 N–H and O–H groups in total. The average molecular weight is 630 g/mol. The molecule has 0 aromatic heterocycles. The molecular formula is C25H23BrCl2N2O8. The number of likely N-dealkylation sites (tertiary alicyclic amines) is 2. The molecule has 1 aromatic rings. The average Bonchev–Trinajstić information content (AvgIpc) is 3.18. The Morgan fingerprint density at radius 3 is 2.47 bits per heavy atom. The summed E-state index contributed by atoms with van der Waals surface area (Å²) < 4.78 is 5.80. The number of aromatic hydroxyl groups is 1. The minimum Gasteiger partial charge on any atom is -0.504 e. The molecule has 202 valence electrons. The van der Waals surface area contributed by atoms with Gasteiger partial charge in [0.05, 0.1) is 25.4 Å². The maximum atomic E-state index is 13.6. The number of carbonyl (C=O) groups is 5. The van der Waals surface area contributed by atoms with Gasteiger partial charge in [-0.1, -0.05) is 27.6 Å². The monoisotopic (exact) mass is 628 g/mol. The molecule has 2 saturated heterocycles. The van der Waals surface area contributed by atoms with Crippen molar-refractivity contribution in [1.82, 2.24) is 9.80 Å². The molecule has 5 rings (SSSR count). The Balaban J connectivity index is 1.71. The van der Waals surface area contributed by atoms with Crippen molar-refractivity contribution in [3.05, 3.63) is 33.8 Å². The number of fused-ring (bicyclic) bond motifs is 4. The van der Waals surface area contributed by atoms with Crippen molar-refractivity contribution < 1.29 is 38.9 Å². The van der Waals surface area contributed by atoms with E-state index >= 15 is 0 Å². The van der Waals surface area contributed by atoms with Crippen LogP contribution in [0.1, 0.15) is 30.7 Å². The highest BCUT2D eigenvalue weighted by atomic mass is 79.9. The Bertz CT molecular complexity index is 1350. The summed E-state index contributed by atoms with van der Waals surface area (Å²) in [7, 11) is 2.63. The molecule has 2 heterocycles. The molecular weight excluding hydrogens is 607 g/mol. The molecule has 10 nitrogen and oxygen atoms in total. The van der Waals surface area contributed by atoms with Gasteiger partial charge < -0.3 is 14.9 Å². The number of carboxylic acid groups (broad SMARTS) is 1. The second kappa shape index (κ2) is 8.96. The highest BCUT2D eigenvalue weighted by Gasteiger charge is 2.76. The van der Waals surface area contributed by atoms with Crippen LogP contribution in [0.3, 0.4) is 0 Å². The van der Waals surface area contributed by atoms with Crippen LogP contribution in [0.2, 0.25) is 0 Å². The van der Waals surface area contributed by atoms with Gasteiger partial charge in [-0.05, 0) is 30.9 Å². The Kier molecular flexibility index (Phi) is 6.35. The van der Waals surface area contributed by atoms with E-state index in [0.717, 1.165) is 9.80 Å². The molecule has 1 aromatic carbocycles. The molecule has 0 unspecified atom stereocenters. The van der Waals surface area contributed by atoms with Gasteiger partial charge in [0.25, 0.3) is 11.8 Å². The number of hydrogen-bond acceptors (Lipinski definition) is 7. The lowest BCUT2D eigenvalue weighted by Crippen LogP contribution is -2.60. The third kappa shape index (κ3) is 3.40. The zero-order valence-electron chi connectivity index (χ0n) is 20.2. The number of allylic oxidation sites excluding steroid dienone is 2. The molecule has 4 amide bonds. The maximum absolute atomic E-state index is 13.6. The van der Waals surface area contributed by atoms with Gasteiger partial charge in [0.15, 0.2) is 21.2 Å². The van der Waals surface area contributed by atoms with E-state index in [2.05, 4.69) is 15.9 Å². The number of amides is 4. The van der Waals surface area contributed by atoms with Gasteiger partial charge in [0.2, 0.25) is 11.8 Å². The van der Waals surface area contributed by atoms with Gasteiger partial charge in [-0.2, -0.15) is 0 Å². The minimum absolute atomic E-state index is 0.0864. The van der Waals surface area contributed by atoms with E-state index in [1.54, 1.807) is 12.1 Å². The van der Waals surface area contributed by atoms with Crippen LogP contribution in [0.25, 0.3) is 0 Å². The zero-order chi connectivity index (χ0) is 27.9. The fourth-order valence-corrected chi connectivity index (χ4v) is 8.02. The Morgan fingerprint density at radius 1 is 1.16 bits per heavy atom. The summed E-state index contributed by atoms with van der Waals surface area (Å²) in [4.78, 5) is 62.6. The first-order valence-electron chi connectivity index (χ1n) is 11.8. The van der Waals surface area contributed by atoms with E-state index in [1.807, 2.05) is 0 Å². The summed E-state index contributed by atoms with van der Waals surface area (Å²) in [6.45, 7) is -0.277. The zero-order valence-corrected chi connectivity index (χ0v) is 23.3. The number of benzene rings is 1. The van der Waals surface area contributed by atoms with Crippen LogP contribution in [0.5, 0.6) is 11.5 Å². The molecule has 38 heavy (non-hydrogen) atoms. The van der Waals surface area contributed by atoms with Crippen LogP contribution < -0.4 is 4.74 Å². The Morgan fingerprint density at radius 2 is 1.84 bits per heavy atom. The number of carboxylic acids is 1. The first-order chi connectivity index (χ1) is 17.8. The number of alkyl halides is 2. The number of rotatable bonds is 5. The third-order valence-corrected chi connectivity index (χ3v) is 10.1. The molecule has 2 aliphatic carbocycles. The number of ether oxygens (including phenoxy) is 1. The number of hydrogen-bond donors (Lipinski definition) is 2. The fraction of sp³-hybridized carbons (Fsp3) is 0.480. The van der Waals surface area contributed by atoms with Crippen molar-refractivity contribution in [3.63, 3.8) is 0 Å². The van der Waals surface area contributed by atoms with E-state index < -0.39 is 69.4 Å². The molecule has 0 spiro atoms. The van der Waals surface area contributed by atoms with Crippen LogP contribution >= 0.6 is 39.1 Å². The van der Waals surface area contributed by atoms with Crippen molar-refractivity contribution in [2.24, 2.45) is 17.8 Å². The Hall–Kier alpha value is -2.63. The number of imide groups is 2. The number of methoxy groups -OCH3 is 1. The normalized spacial score (nSPS) is 34.2. The first kappa shape index (κ1) is 27.0. The molecule has 3 fully saturated rings. The fourth-order valence-electron chi connectivity index (χ4n) is 6.55. The van der Waals surface area contributed by atoms with Gasteiger partial charge in [0.1, 0.15) is 0 Å². The smallest absolute Gasteiger partial charge is 0.305 e. The summed E-state index contributed by atoms with van der Waals surface area (Å²) in [5, 5.41) is 20.3. The van der Waals surface area contributed by atoms with Crippen LogP contribution in [0.4, 0.5) is 0 Å². The van der Waals surface area contributed by atoms with Crippen molar-refractivity contribution in [3.8, 4) is 11.5 Å². The number of aliphatic carboxylic acids is 1. The van der Waals surface area contributed by atoms with Gasteiger partial charge in [-0.15, -0.1) is 23.2 Å². The second-order valence-electron chi connectivity index (χ2n) is 10.0. The lowest BCUT2D eigenvalue weighted by Gasteiger charge is -2.50. The molecule has 2 aliphatic heterocycles. The lowest BCUT2D eigenvalue weighted by atomic mass is 9.56. The molecule has 6 atom stereocenters. The van der Waals surface area contributed by atoms with E-state index in [-0.39, 0.29) is 36.4 Å². The quantitative estimate of drug-likeness (QED) is 0.288. The number of phenolic OH excluding ortho intramolecular Hbond substituents is 1. The van der Waals surface area contributed by atoms with Crippen molar-refractivity contribution in [2.45, 2.75) is 34.9 Å². The van der Waals surface area contributed by atoms with Crippen LogP contribution in [-0.4, -0.2) is 80.1 Å². The van der Waals surface area contributed by atoms with Crippen molar-refractivity contribution in [1.29, 1.82) is 0 Å². The second-order valence-corrected chi connectivity index (χ2v) is 12.2. The van der Waals surface area contributed by atoms with Gasteiger partial charge in [-0.25, -0.2) is 0 Å². The largest absolute Gasteiger partial charge is 0.504 e. The summed E-state index contributed by atoms with van der Waals surface area (Å²) in [5.41, 5.74) is 0.673. The summed E-state index contributed by atoms with van der Waals surface area (Å²) >= 11 is 17.5.